The SMILES string of the molecule is N/N=C(\NN)c1cc2cc(C(=O)NCc3ccccc3)ccc2n1Cc1ccc(Cl)c(F)c1. The highest BCUT2D eigenvalue weighted by atomic mass is 35.5. The molecule has 0 bridgehead atoms. The Balaban J connectivity index is 1.68. The van der Waals surface area contributed by atoms with E-state index >= 15 is 0 Å². The normalized spacial score (nSPS) is 11.5. The van der Waals surface area contributed by atoms with Gasteiger partial charge in [-0.25, -0.2) is 10.2 Å². The molecule has 7 nitrogen and oxygen atoms in total. The van der Waals surface area contributed by atoms with Gasteiger partial charge in [0.2, 0.25) is 0 Å². The van der Waals surface area contributed by atoms with Crippen molar-refractivity contribution >= 4 is 34.2 Å². The van der Waals surface area contributed by atoms with Crippen LogP contribution < -0.4 is 22.4 Å². The van der Waals surface area contributed by atoms with E-state index in [1.165, 1.54) is 12.1 Å². The minimum Gasteiger partial charge on any atom is -0.348 e. The molecule has 0 aliphatic heterocycles. The number of carbonyl (C=O) groups is 1. The number of nitrogens with two attached hydrogens (primary N) is 2. The van der Waals surface area contributed by atoms with Gasteiger partial charge in [0.25, 0.3) is 5.91 Å². The van der Waals surface area contributed by atoms with E-state index in [0.717, 1.165) is 16.5 Å². The number of amidine groups is 1. The fourth-order valence-corrected chi connectivity index (χ4v) is 3.77. The van der Waals surface area contributed by atoms with Crippen molar-refractivity contribution in [1.82, 2.24) is 15.3 Å². The molecule has 0 unspecified atom stereocenters. The second-order valence-electron chi connectivity index (χ2n) is 7.43. The van der Waals surface area contributed by atoms with Crippen molar-refractivity contribution < 1.29 is 9.18 Å². The van der Waals surface area contributed by atoms with Crippen molar-refractivity contribution in [1.29, 1.82) is 0 Å². The van der Waals surface area contributed by atoms with Gasteiger partial charge < -0.3 is 21.2 Å². The molecular formula is C24H22ClFN6O. The first-order valence-corrected chi connectivity index (χ1v) is 10.5. The van der Waals surface area contributed by atoms with E-state index in [0.29, 0.717) is 29.9 Å². The van der Waals surface area contributed by atoms with E-state index in [1.54, 1.807) is 18.2 Å². The summed E-state index contributed by atoms with van der Waals surface area (Å²) < 4.78 is 15.9. The molecule has 4 rings (SSSR count). The maximum Gasteiger partial charge on any atom is 0.251 e. The molecule has 0 aliphatic rings. The van der Waals surface area contributed by atoms with Gasteiger partial charge in [-0.3, -0.25) is 4.79 Å². The molecule has 0 atom stereocenters. The highest BCUT2D eigenvalue weighted by Crippen LogP contribution is 2.24. The summed E-state index contributed by atoms with van der Waals surface area (Å²) >= 11 is 5.81. The number of nitrogens with zero attached hydrogens (tertiary/aromatic N) is 2. The van der Waals surface area contributed by atoms with E-state index in [4.69, 9.17) is 23.3 Å². The van der Waals surface area contributed by atoms with E-state index in [1.807, 2.05) is 47.0 Å². The lowest BCUT2D eigenvalue weighted by Gasteiger charge is -2.12. The van der Waals surface area contributed by atoms with Crippen LogP contribution in [-0.4, -0.2) is 16.3 Å². The molecular weight excluding hydrogens is 443 g/mol. The Hall–Kier alpha value is -3.88. The van der Waals surface area contributed by atoms with Crippen LogP contribution in [0.2, 0.25) is 5.02 Å². The molecule has 0 fully saturated rings. The number of hydrazone groups is 1. The highest BCUT2D eigenvalue weighted by molar-refractivity contribution is 6.30. The van der Waals surface area contributed by atoms with Gasteiger partial charge in [0.15, 0.2) is 5.84 Å². The zero-order valence-electron chi connectivity index (χ0n) is 17.6. The summed E-state index contributed by atoms with van der Waals surface area (Å²) in [4.78, 5) is 12.7. The van der Waals surface area contributed by atoms with Gasteiger partial charge in [0.05, 0.1) is 10.7 Å². The molecule has 0 aliphatic carbocycles. The van der Waals surface area contributed by atoms with Gasteiger partial charge in [-0.05, 0) is 47.5 Å². The van der Waals surface area contributed by atoms with E-state index in [-0.39, 0.29) is 16.8 Å². The largest absolute Gasteiger partial charge is 0.348 e. The second-order valence-corrected chi connectivity index (χ2v) is 7.84. The van der Waals surface area contributed by atoms with Crippen LogP contribution in [0.4, 0.5) is 4.39 Å². The molecule has 0 radical (unpaired) electrons. The van der Waals surface area contributed by atoms with Crippen molar-refractivity contribution in [3.63, 3.8) is 0 Å². The number of nitrogens with one attached hydrogen (secondary N) is 2. The Morgan fingerprint density at radius 3 is 2.52 bits per heavy atom. The van der Waals surface area contributed by atoms with Crippen LogP contribution in [0.3, 0.4) is 0 Å². The summed E-state index contributed by atoms with van der Waals surface area (Å²) in [5.41, 5.74) is 6.08. The predicted octanol–water partition coefficient (Wildman–Crippen LogP) is 3.50. The Kier molecular flexibility index (Phi) is 6.58. The van der Waals surface area contributed by atoms with Crippen LogP contribution in [-0.2, 0) is 13.1 Å². The van der Waals surface area contributed by atoms with Gasteiger partial charge in [0, 0.05) is 29.6 Å². The number of aromatic nitrogens is 1. The van der Waals surface area contributed by atoms with Gasteiger partial charge in [-0.1, -0.05) is 48.0 Å². The first kappa shape index (κ1) is 22.3. The number of halogens is 2. The Bertz CT molecular complexity index is 1340. The van der Waals surface area contributed by atoms with Gasteiger partial charge in [0.1, 0.15) is 5.82 Å². The smallest absolute Gasteiger partial charge is 0.251 e. The van der Waals surface area contributed by atoms with Crippen molar-refractivity contribution in [2.24, 2.45) is 16.8 Å². The van der Waals surface area contributed by atoms with Crippen molar-refractivity contribution in [3.8, 4) is 0 Å². The van der Waals surface area contributed by atoms with Crippen LogP contribution in [0.15, 0.2) is 77.9 Å². The summed E-state index contributed by atoms with van der Waals surface area (Å²) in [6.07, 6.45) is 0. The first-order chi connectivity index (χ1) is 16.0. The molecule has 33 heavy (non-hydrogen) atoms. The third kappa shape index (κ3) is 4.82. The third-order valence-corrected chi connectivity index (χ3v) is 5.60. The summed E-state index contributed by atoms with van der Waals surface area (Å²) in [5, 5.41) is 7.47. The van der Waals surface area contributed by atoms with Gasteiger partial charge >= 0.3 is 0 Å². The van der Waals surface area contributed by atoms with Gasteiger partial charge in [-0.15, -0.1) is 0 Å². The molecule has 0 saturated carbocycles. The summed E-state index contributed by atoms with van der Waals surface area (Å²) in [6.45, 7) is 0.736. The fourth-order valence-electron chi connectivity index (χ4n) is 3.66. The predicted molar refractivity (Wildman–Crippen MR) is 128 cm³/mol. The molecule has 3 aromatic carbocycles. The van der Waals surface area contributed by atoms with Crippen LogP contribution in [0, 0.1) is 5.82 Å². The number of carbonyl (C=O) groups excluding carboxylic acids is 1. The highest BCUT2D eigenvalue weighted by Gasteiger charge is 2.16. The maximum absolute atomic E-state index is 14.0. The quantitative estimate of drug-likeness (QED) is 0.151. The number of fused-ring (bicyclic) bond motifs is 1. The molecule has 9 heteroatoms. The third-order valence-electron chi connectivity index (χ3n) is 5.29. The lowest BCUT2D eigenvalue weighted by Crippen LogP contribution is -2.33. The van der Waals surface area contributed by atoms with E-state index in [9.17, 15) is 9.18 Å². The van der Waals surface area contributed by atoms with Crippen LogP contribution in [0.1, 0.15) is 27.2 Å². The maximum atomic E-state index is 14.0. The fraction of sp³-hybridized carbons (Fsp3) is 0.0833. The average Bonchev–Trinajstić information content (AvgIpc) is 3.18. The number of hydrazine groups is 1. The molecule has 6 N–H and O–H groups in total. The number of benzene rings is 3. The van der Waals surface area contributed by atoms with Gasteiger partial charge in [-0.2, -0.15) is 5.10 Å². The number of rotatable bonds is 6. The molecule has 4 aromatic rings. The average molecular weight is 465 g/mol. The molecule has 0 saturated heterocycles. The topological polar surface area (TPSA) is 110 Å². The molecule has 0 spiro atoms. The standard InChI is InChI=1S/C24H22ClFN6O/c25-19-8-6-16(10-20(19)26)14-32-21-9-7-17(11-18(21)12-22(32)23(30-27)31-28)24(33)29-13-15-4-2-1-3-5-15/h1-12H,13-14,27-28H2,(H,29,33)(H,30,31). The zero-order chi connectivity index (χ0) is 23.4. The van der Waals surface area contributed by atoms with E-state index in [2.05, 4.69) is 15.8 Å². The van der Waals surface area contributed by atoms with E-state index < -0.39 is 5.82 Å². The van der Waals surface area contributed by atoms with Crippen LogP contribution in [0.5, 0.6) is 0 Å². The monoisotopic (exact) mass is 464 g/mol. The Morgan fingerprint density at radius 2 is 1.82 bits per heavy atom. The van der Waals surface area contributed by atoms with Crippen molar-refractivity contribution in [2.45, 2.75) is 13.1 Å². The molecule has 1 amide bonds. The van der Waals surface area contributed by atoms with Crippen LogP contribution in [0.25, 0.3) is 10.9 Å². The Morgan fingerprint density at radius 1 is 1.03 bits per heavy atom. The first-order valence-electron chi connectivity index (χ1n) is 10.1. The minimum atomic E-state index is -0.505. The second kappa shape index (κ2) is 9.72. The number of amides is 1. The summed E-state index contributed by atoms with van der Waals surface area (Å²) in [7, 11) is 0. The van der Waals surface area contributed by atoms with Crippen molar-refractivity contribution in [3.05, 3.63) is 106 Å². The zero-order valence-corrected chi connectivity index (χ0v) is 18.3. The Labute approximate surface area is 194 Å². The lowest BCUT2D eigenvalue weighted by molar-refractivity contribution is 0.0951. The summed E-state index contributed by atoms with van der Waals surface area (Å²) in [6, 6.07) is 21.4. The summed E-state index contributed by atoms with van der Waals surface area (Å²) in [5.74, 6) is 10.7. The lowest BCUT2D eigenvalue weighted by atomic mass is 10.1. The molecule has 168 valence electrons. The number of hydrogen-bond donors (Lipinski definition) is 4. The molecule has 1 heterocycles. The number of hydrogen-bond acceptors (Lipinski definition) is 4. The molecule has 1 aromatic heterocycles. The van der Waals surface area contributed by atoms with Crippen LogP contribution >= 0.6 is 11.6 Å². The van der Waals surface area contributed by atoms with Crippen molar-refractivity contribution in [2.75, 3.05) is 0 Å². The minimum absolute atomic E-state index is 0.0512.